The number of amides is 6. The van der Waals surface area contributed by atoms with Crippen LogP contribution in [-0.4, -0.2) is 133 Å². The Balaban J connectivity index is 1.59. The van der Waals surface area contributed by atoms with Gasteiger partial charge in [-0.2, -0.15) is 0 Å². The zero-order chi connectivity index (χ0) is 28.2. The van der Waals surface area contributed by atoms with Gasteiger partial charge in [0.25, 0.3) is 0 Å². The zero-order valence-corrected chi connectivity index (χ0v) is 23.1. The predicted molar refractivity (Wildman–Crippen MR) is 141 cm³/mol. The smallest absolute Gasteiger partial charge is 0.242 e. The number of primary amides is 2. The molecule has 6 N–H and O–H groups in total. The molecule has 16 heteroatoms. The first-order chi connectivity index (χ1) is 18.1. The summed E-state index contributed by atoms with van der Waals surface area (Å²) in [6.45, 7) is 0.907. The number of carbonyl (C=O) groups excluding carboxylic acids is 6. The molecule has 14 nitrogen and oxygen atoms in total. The first kappa shape index (κ1) is 32.0. The number of carbonyl (C=O) groups is 6. The third-order valence-corrected chi connectivity index (χ3v) is 8.60. The first-order valence-electron chi connectivity index (χ1n) is 12.1. The second-order valence-electron chi connectivity index (χ2n) is 8.53. The number of likely N-dealkylation sites (tertiary alicyclic amines) is 2. The number of nitrogens with zero attached hydrogens (tertiary/aromatic N) is 2. The Morgan fingerprint density at radius 2 is 1.16 bits per heavy atom. The van der Waals surface area contributed by atoms with Crippen molar-refractivity contribution in [2.75, 3.05) is 65.1 Å². The molecule has 38 heavy (non-hydrogen) atoms. The molecular weight excluding hydrogens is 540 g/mol. The lowest BCUT2D eigenvalue weighted by Gasteiger charge is -2.17. The van der Waals surface area contributed by atoms with Gasteiger partial charge in [-0.1, -0.05) is 0 Å². The Hall–Kier alpha value is -2.24. The summed E-state index contributed by atoms with van der Waals surface area (Å²) in [4.78, 5) is 74.3. The number of likely N-dealkylation sites (N-methyl/N-ethyl adjacent to an activating group) is 2. The fraction of sp³-hybridized carbons (Fsp3) is 0.727. The lowest BCUT2D eigenvalue weighted by molar-refractivity contribution is -0.141. The Morgan fingerprint density at radius 3 is 1.47 bits per heavy atom. The fourth-order valence-electron chi connectivity index (χ4n) is 3.71. The minimum atomic E-state index is -0.582. The molecular formula is C22H36N6O8S2. The largest absolute Gasteiger partial charge is 0.377 e. The van der Waals surface area contributed by atoms with Crippen molar-refractivity contribution in [2.45, 2.75) is 35.4 Å². The summed E-state index contributed by atoms with van der Waals surface area (Å²) in [6.07, 6.45) is 0.132. The molecule has 214 valence electrons. The average Bonchev–Trinajstić information content (AvgIpc) is 3.29. The number of nitrogens with one attached hydrogen (secondary N) is 2. The third-order valence-electron chi connectivity index (χ3n) is 6.01. The molecule has 0 aromatic rings. The summed E-state index contributed by atoms with van der Waals surface area (Å²) in [5, 5.41) is 4.44. The monoisotopic (exact) mass is 576 g/mol. The highest BCUT2D eigenvalue weighted by atomic mass is 32.2. The third kappa shape index (κ3) is 9.20. The van der Waals surface area contributed by atoms with Gasteiger partial charge < -0.3 is 31.6 Å². The molecule has 0 aliphatic carbocycles. The summed E-state index contributed by atoms with van der Waals surface area (Å²) in [5.74, 6) is -1.68. The predicted octanol–water partition coefficient (Wildman–Crippen LogP) is -3.11. The van der Waals surface area contributed by atoms with Crippen molar-refractivity contribution in [2.24, 2.45) is 11.5 Å². The second kappa shape index (κ2) is 16.0. The molecule has 4 atom stereocenters. The van der Waals surface area contributed by atoms with Gasteiger partial charge in [0.05, 0.1) is 62.1 Å². The Morgan fingerprint density at radius 1 is 0.789 bits per heavy atom. The van der Waals surface area contributed by atoms with Crippen LogP contribution in [0.4, 0.5) is 0 Å². The van der Waals surface area contributed by atoms with Gasteiger partial charge in [0.15, 0.2) is 0 Å². The van der Waals surface area contributed by atoms with Crippen LogP contribution in [0.2, 0.25) is 0 Å². The molecule has 2 fully saturated rings. The molecule has 0 saturated carbocycles. The molecule has 2 rings (SSSR count). The summed E-state index contributed by atoms with van der Waals surface area (Å²) >= 11 is 2.44. The van der Waals surface area contributed by atoms with Crippen molar-refractivity contribution in [1.82, 2.24) is 20.4 Å². The van der Waals surface area contributed by atoms with Crippen LogP contribution in [0.5, 0.6) is 0 Å². The van der Waals surface area contributed by atoms with Gasteiger partial charge >= 0.3 is 0 Å². The van der Waals surface area contributed by atoms with Crippen LogP contribution < -0.4 is 22.1 Å². The van der Waals surface area contributed by atoms with E-state index in [9.17, 15) is 28.8 Å². The maximum Gasteiger partial charge on any atom is 0.242 e. The number of nitrogens with two attached hydrogens (primary N) is 2. The van der Waals surface area contributed by atoms with Crippen molar-refractivity contribution in [3.63, 3.8) is 0 Å². The number of imide groups is 2. The van der Waals surface area contributed by atoms with E-state index in [1.54, 1.807) is 14.1 Å². The molecule has 0 radical (unpaired) electrons. The van der Waals surface area contributed by atoms with E-state index in [1.807, 2.05) is 0 Å². The highest BCUT2D eigenvalue weighted by Gasteiger charge is 2.40. The summed E-state index contributed by atoms with van der Waals surface area (Å²) in [7, 11) is 3.20. The van der Waals surface area contributed by atoms with Crippen LogP contribution in [0.1, 0.15) is 12.8 Å². The van der Waals surface area contributed by atoms with Crippen molar-refractivity contribution in [1.29, 1.82) is 0 Å². The second-order valence-corrected chi connectivity index (χ2v) is 11.0. The van der Waals surface area contributed by atoms with E-state index in [-0.39, 0.29) is 87.5 Å². The summed E-state index contributed by atoms with van der Waals surface area (Å²) < 4.78 is 10.9. The molecule has 2 aliphatic heterocycles. The molecule has 4 unspecified atom stereocenters. The number of hydrogen-bond donors (Lipinski definition) is 4. The average molecular weight is 577 g/mol. The topological polar surface area (TPSA) is 203 Å². The molecule has 2 aliphatic rings. The highest BCUT2D eigenvalue weighted by Crippen LogP contribution is 2.26. The highest BCUT2D eigenvalue weighted by molar-refractivity contribution is 8.01. The summed E-state index contributed by atoms with van der Waals surface area (Å²) in [5.41, 5.74) is 10.6. The maximum atomic E-state index is 12.5. The van der Waals surface area contributed by atoms with Crippen molar-refractivity contribution in [3.05, 3.63) is 0 Å². The van der Waals surface area contributed by atoms with E-state index in [1.165, 1.54) is 23.5 Å². The van der Waals surface area contributed by atoms with Crippen LogP contribution in [-0.2, 0) is 38.2 Å². The minimum Gasteiger partial charge on any atom is -0.377 e. The van der Waals surface area contributed by atoms with E-state index in [0.29, 0.717) is 0 Å². The van der Waals surface area contributed by atoms with Gasteiger partial charge in [-0.25, -0.2) is 0 Å². The zero-order valence-electron chi connectivity index (χ0n) is 21.5. The van der Waals surface area contributed by atoms with E-state index < -0.39 is 34.4 Å². The van der Waals surface area contributed by atoms with Crippen molar-refractivity contribution < 1.29 is 38.2 Å². The number of thioether (sulfide) groups is 2. The van der Waals surface area contributed by atoms with E-state index >= 15 is 0 Å². The number of rotatable bonds is 19. The number of hydrogen-bond acceptors (Lipinski definition) is 12. The molecule has 2 heterocycles. The van der Waals surface area contributed by atoms with Crippen LogP contribution in [0.15, 0.2) is 0 Å². The number of ether oxygens (including phenoxy) is 2. The van der Waals surface area contributed by atoms with Gasteiger partial charge in [0, 0.05) is 24.3 Å². The molecule has 2 saturated heterocycles. The van der Waals surface area contributed by atoms with E-state index in [4.69, 9.17) is 20.9 Å². The standard InChI is InChI=1S/C22H36N6O8S2/c1-25-13(19(23)31)11-37-15-9-17(29)27(21(15)33)3-5-35-7-8-36-6-4-28-18(30)10-16(22(28)34)38-12-14(26-2)20(24)32/h13-16,25-26H,3-12H2,1-2H3,(H2,23,31)(H2,24,32). The Labute approximate surface area is 229 Å². The van der Waals surface area contributed by atoms with E-state index in [2.05, 4.69) is 10.6 Å². The van der Waals surface area contributed by atoms with E-state index in [0.717, 1.165) is 9.80 Å². The van der Waals surface area contributed by atoms with Crippen molar-refractivity contribution >= 4 is 59.0 Å². The lowest BCUT2D eigenvalue weighted by atomic mass is 10.3. The summed E-state index contributed by atoms with van der Waals surface area (Å²) in [6, 6.07) is -1.16. The van der Waals surface area contributed by atoms with Crippen LogP contribution >= 0.6 is 23.5 Å². The van der Waals surface area contributed by atoms with Gasteiger partial charge in [-0.15, -0.1) is 23.5 Å². The van der Waals surface area contributed by atoms with Crippen LogP contribution in [0, 0.1) is 0 Å². The first-order valence-corrected chi connectivity index (χ1v) is 14.2. The van der Waals surface area contributed by atoms with Crippen LogP contribution in [0.25, 0.3) is 0 Å². The molecule has 0 spiro atoms. The maximum absolute atomic E-state index is 12.5. The van der Waals surface area contributed by atoms with Gasteiger partial charge in [0.2, 0.25) is 35.4 Å². The SMILES string of the molecule is CNC(CSC1CC(=O)N(CCOCCOCCN2C(=O)CC(SCC(NC)C(N)=O)C2=O)C1=O)C(N)=O. The lowest BCUT2D eigenvalue weighted by Crippen LogP contribution is -2.42. The van der Waals surface area contributed by atoms with Gasteiger partial charge in [-0.05, 0) is 14.1 Å². The quantitative estimate of drug-likeness (QED) is 0.0891. The Kier molecular flexibility index (Phi) is 13.5. The minimum absolute atomic E-state index is 0.0658. The van der Waals surface area contributed by atoms with Gasteiger partial charge in [-0.3, -0.25) is 38.6 Å². The fourth-order valence-corrected chi connectivity index (χ4v) is 6.28. The Bertz CT molecular complexity index is 824. The molecule has 0 aromatic heterocycles. The normalized spacial score (nSPS) is 21.4. The van der Waals surface area contributed by atoms with Gasteiger partial charge in [0.1, 0.15) is 0 Å². The van der Waals surface area contributed by atoms with Crippen LogP contribution in [0.3, 0.4) is 0 Å². The molecule has 0 bridgehead atoms. The molecule has 6 amide bonds. The molecule has 0 aromatic carbocycles. The van der Waals surface area contributed by atoms with Crippen molar-refractivity contribution in [3.8, 4) is 0 Å².